The first kappa shape index (κ1) is 10.4. The summed E-state index contributed by atoms with van der Waals surface area (Å²) in [5, 5.41) is 4.06. The minimum atomic E-state index is 0.00533. The van der Waals surface area contributed by atoms with E-state index >= 15 is 0 Å². The molecule has 0 atom stereocenters. The minimum Gasteiger partial charge on any atom is -0.351 e. The second-order valence-corrected chi connectivity index (χ2v) is 4.93. The average Bonchev–Trinajstić information content (AvgIpc) is 3.04. The van der Waals surface area contributed by atoms with E-state index in [4.69, 9.17) is 0 Å². The molecule has 3 heteroatoms. The third kappa shape index (κ3) is 2.18. The summed E-state index contributed by atoms with van der Waals surface area (Å²) in [7, 11) is 0. The van der Waals surface area contributed by atoms with Crippen molar-refractivity contribution >= 4 is 16.8 Å². The number of carbonyl (C=O) groups is 1. The molecule has 0 radical (unpaired) electrons. The first-order valence-electron chi connectivity index (χ1n) is 6.10. The maximum Gasteiger partial charge on any atom is 0.267 e. The van der Waals surface area contributed by atoms with Gasteiger partial charge in [0.1, 0.15) is 5.69 Å². The molecule has 2 aromatic rings. The van der Waals surface area contributed by atoms with Gasteiger partial charge in [0.05, 0.1) is 0 Å². The highest BCUT2D eigenvalue weighted by Crippen LogP contribution is 2.27. The number of hydrogen-bond acceptors (Lipinski definition) is 1. The van der Waals surface area contributed by atoms with E-state index in [2.05, 4.69) is 23.3 Å². The zero-order valence-corrected chi connectivity index (χ0v) is 9.92. The Bertz CT molecular complexity index is 567. The van der Waals surface area contributed by atoms with Gasteiger partial charge < -0.3 is 10.3 Å². The van der Waals surface area contributed by atoms with E-state index in [-0.39, 0.29) is 5.91 Å². The van der Waals surface area contributed by atoms with Crippen molar-refractivity contribution in [2.75, 3.05) is 6.54 Å². The Hall–Kier alpha value is -1.77. The van der Waals surface area contributed by atoms with Gasteiger partial charge >= 0.3 is 0 Å². The Balaban J connectivity index is 1.81. The predicted octanol–water partition coefficient (Wildman–Crippen LogP) is 2.62. The number of aromatic nitrogens is 1. The van der Waals surface area contributed by atoms with Gasteiger partial charge in [0.15, 0.2) is 0 Å². The lowest BCUT2D eigenvalue weighted by Crippen LogP contribution is -2.25. The molecular formula is C14H16N2O. The molecule has 0 aliphatic heterocycles. The van der Waals surface area contributed by atoms with Crippen molar-refractivity contribution in [1.29, 1.82) is 0 Å². The summed E-state index contributed by atoms with van der Waals surface area (Å²) in [6.07, 6.45) is 2.51. The highest BCUT2D eigenvalue weighted by atomic mass is 16.1. The molecule has 0 spiro atoms. The average molecular weight is 228 g/mol. The zero-order chi connectivity index (χ0) is 11.8. The van der Waals surface area contributed by atoms with Crippen LogP contribution < -0.4 is 5.32 Å². The number of benzene rings is 1. The van der Waals surface area contributed by atoms with E-state index in [0.29, 0.717) is 11.6 Å². The number of nitrogens with one attached hydrogen (secondary N) is 2. The molecule has 1 aliphatic rings. The highest BCUT2D eigenvalue weighted by molar-refractivity contribution is 5.98. The Morgan fingerprint density at radius 3 is 3.00 bits per heavy atom. The van der Waals surface area contributed by atoms with Crippen molar-refractivity contribution in [3.05, 3.63) is 35.5 Å². The van der Waals surface area contributed by atoms with Gasteiger partial charge in [0.25, 0.3) is 5.91 Å². The highest BCUT2D eigenvalue weighted by Gasteiger charge is 2.22. The van der Waals surface area contributed by atoms with Crippen molar-refractivity contribution in [3.63, 3.8) is 0 Å². The number of fused-ring (bicyclic) bond motifs is 1. The number of H-pyrrole nitrogens is 1. The Kier molecular flexibility index (Phi) is 2.39. The fourth-order valence-corrected chi connectivity index (χ4v) is 2.03. The first-order valence-corrected chi connectivity index (χ1v) is 6.10. The van der Waals surface area contributed by atoms with Gasteiger partial charge in [0, 0.05) is 17.4 Å². The molecule has 1 aromatic heterocycles. The van der Waals surface area contributed by atoms with Crippen LogP contribution in [-0.2, 0) is 0 Å². The third-order valence-corrected chi connectivity index (χ3v) is 3.27. The molecule has 88 valence electrons. The van der Waals surface area contributed by atoms with Gasteiger partial charge in [-0.2, -0.15) is 0 Å². The lowest BCUT2D eigenvalue weighted by molar-refractivity contribution is 0.0947. The number of hydrogen-bond donors (Lipinski definition) is 2. The quantitative estimate of drug-likeness (QED) is 0.833. The fraction of sp³-hybridized carbons (Fsp3) is 0.357. The monoisotopic (exact) mass is 228 g/mol. The van der Waals surface area contributed by atoms with Crippen molar-refractivity contribution in [3.8, 4) is 0 Å². The summed E-state index contributed by atoms with van der Waals surface area (Å²) in [4.78, 5) is 15.0. The summed E-state index contributed by atoms with van der Waals surface area (Å²) >= 11 is 0. The number of rotatable bonds is 3. The summed E-state index contributed by atoms with van der Waals surface area (Å²) in [5.74, 6) is 0.719. The van der Waals surface area contributed by atoms with Gasteiger partial charge in [-0.25, -0.2) is 0 Å². The van der Waals surface area contributed by atoms with Gasteiger partial charge in [0.2, 0.25) is 0 Å². The maximum atomic E-state index is 11.9. The Labute approximate surface area is 100 Å². The van der Waals surface area contributed by atoms with E-state index in [1.165, 1.54) is 18.4 Å². The van der Waals surface area contributed by atoms with E-state index in [1.807, 2.05) is 18.2 Å². The molecule has 3 rings (SSSR count). The van der Waals surface area contributed by atoms with E-state index < -0.39 is 0 Å². The SMILES string of the molecule is Cc1ccc2[nH]c(C(=O)NCC3CC3)cc2c1. The maximum absolute atomic E-state index is 11.9. The molecule has 1 saturated carbocycles. The van der Waals surface area contributed by atoms with Crippen molar-refractivity contribution in [2.45, 2.75) is 19.8 Å². The normalized spacial score (nSPS) is 15.1. The van der Waals surface area contributed by atoms with Crippen molar-refractivity contribution in [1.82, 2.24) is 10.3 Å². The molecule has 1 amide bonds. The van der Waals surface area contributed by atoms with Gasteiger partial charge in [-0.3, -0.25) is 4.79 Å². The standard InChI is InChI=1S/C14H16N2O/c1-9-2-5-12-11(6-9)7-13(16-12)14(17)15-8-10-3-4-10/h2,5-7,10,16H,3-4,8H2,1H3,(H,15,17). The van der Waals surface area contributed by atoms with E-state index in [1.54, 1.807) is 0 Å². The zero-order valence-electron chi connectivity index (χ0n) is 9.92. The second kappa shape index (κ2) is 3.91. The number of aryl methyl sites for hydroxylation is 1. The van der Waals surface area contributed by atoms with Crippen LogP contribution in [0.1, 0.15) is 28.9 Å². The lowest BCUT2D eigenvalue weighted by Gasteiger charge is -2.00. The summed E-state index contributed by atoms with van der Waals surface area (Å²) in [6.45, 7) is 2.87. The topological polar surface area (TPSA) is 44.9 Å². The summed E-state index contributed by atoms with van der Waals surface area (Å²) < 4.78 is 0. The van der Waals surface area contributed by atoms with Crippen molar-refractivity contribution < 1.29 is 4.79 Å². The van der Waals surface area contributed by atoms with Crippen LogP contribution in [0.15, 0.2) is 24.3 Å². The molecule has 0 saturated heterocycles. The molecule has 1 aromatic carbocycles. The largest absolute Gasteiger partial charge is 0.351 e. The predicted molar refractivity (Wildman–Crippen MR) is 68.1 cm³/mol. The van der Waals surface area contributed by atoms with Crippen LogP contribution in [0.2, 0.25) is 0 Å². The summed E-state index contributed by atoms with van der Waals surface area (Å²) in [6, 6.07) is 8.07. The molecular weight excluding hydrogens is 212 g/mol. The molecule has 1 aliphatic carbocycles. The van der Waals surface area contributed by atoms with Crippen molar-refractivity contribution in [2.24, 2.45) is 5.92 Å². The molecule has 3 nitrogen and oxygen atoms in total. The fourth-order valence-electron chi connectivity index (χ4n) is 2.03. The van der Waals surface area contributed by atoms with Gasteiger partial charge in [-0.15, -0.1) is 0 Å². The van der Waals surface area contributed by atoms with Crippen LogP contribution in [0.25, 0.3) is 10.9 Å². The molecule has 17 heavy (non-hydrogen) atoms. The van der Waals surface area contributed by atoms with E-state index in [0.717, 1.165) is 17.4 Å². The summed E-state index contributed by atoms with van der Waals surface area (Å²) in [5.41, 5.74) is 2.89. The smallest absolute Gasteiger partial charge is 0.267 e. The molecule has 0 bridgehead atoms. The molecule has 1 fully saturated rings. The molecule has 0 unspecified atom stereocenters. The van der Waals surface area contributed by atoms with Gasteiger partial charge in [-0.1, -0.05) is 11.6 Å². The van der Waals surface area contributed by atoms with Crippen LogP contribution >= 0.6 is 0 Å². The first-order chi connectivity index (χ1) is 8.22. The van der Waals surface area contributed by atoms with Crippen LogP contribution in [0.3, 0.4) is 0 Å². The Morgan fingerprint density at radius 1 is 1.41 bits per heavy atom. The second-order valence-electron chi connectivity index (χ2n) is 4.93. The van der Waals surface area contributed by atoms with Crippen LogP contribution in [-0.4, -0.2) is 17.4 Å². The number of amides is 1. The Morgan fingerprint density at radius 2 is 2.24 bits per heavy atom. The molecule has 1 heterocycles. The van der Waals surface area contributed by atoms with Crippen LogP contribution in [0, 0.1) is 12.8 Å². The van der Waals surface area contributed by atoms with Crippen LogP contribution in [0.4, 0.5) is 0 Å². The van der Waals surface area contributed by atoms with Crippen LogP contribution in [0.5, 0.6) is 0 Å². The molecule has 2 N–H and O–H groups in total. The van der Waals surface area contributed by atoms with E-state index in [9.17, 15) is 4.79 Å². The van der Waals surface area contributed by atoms with Gasteiger partial charge in [-0.05, 0) is 43.9 Å². The lowest BCUT2D eigenvalue weighted by atomic mass is 10.2. The third-order valence-electron chi connectivity index (χ3n) is 3.27. The number of carbonyl (C=O) groups excluding carboxylic acids is 1. The number of aromatic amines is 1. The minimum absolute atomic E-state index is 0.00533.